The van der Waals surface area contributed by atoms with Crippen LogP contribution in [0, 0.1) is 27.4 Å². The van der Waals surface area contributed by atoms with Crippen LogP contribution in [0.2, 0.25) is 0 Å². The van der Waals surface area contributed by atoms with Crippen molar-refractivity contribution < 1.29 is 4.92 Å². The average molecular weight is 231 g/mol. The normalized spacial score (nSPS) is 14.8. The predicted molar refractivity (Wildman–Crippen MR) is 63.6 cm³/mol. The van der Waals surface area contributed by atoms with E-state index in [0.29, 0.717) is 11.6 Å². The van der Waals surface area contributed by atoms with Crippen LogP contribution in [0.4, 0.5) is 11.4 Å². The molecule has 2 rings (SSSR count). The van der Waals surface area contributed by atoms with Gasteiger partial charge in [0.15, 0.2) is 0 Å². The highest BCUT2D eigenvalue weighted by Gasteiger charge is 2.18. The van der Waals surface area contributed by atoms with Crippen LogP contribution in [-0.2, 0) is 0 Å². The molecule has 1 N–H and O–H groups in total. The van der Waals surface area contributed by atoms with Crippen LogP contribution in [0.5, 0.6) is 0 Å². The number of nitro benzene ring substituents is 1. The number of nitro groups is 1. The summed E-state index contributed by atoms with van der Waals surface area (Å²) in [6.07, 6.45) is 3.73. The van der Waals surface area contributed by atoms with Crippen LogP contribution >= 0.6 is 0 Å². The molecular formula is C12H13N3O2. The summed E-state index contributed by atoms with van der Waals surface area (Å²) in [5, 5.41) is 22.7. The average Bonchev–Trinajstić information content (AvgIpc) is 2.26. The molecule has 0 radical (unpaired) electrons. The molecule has 88 valence electrons. The molecule has 1 fully saturated rings. The van der Waals surface area contributed by atoms with E-state index < -0.39 is 4.92 Å². The second kappa shape index (κ2) is 4.83. The minimum Gasteiger partial charge on any atom is -0.385 e. The molecule has 17 heavy (non-hydrogen) atoms. The molecule has 1 saturated carbocycles. The number of hydrogen-bond donors (Lipinski definition) is 1. The summed E-state index contributed by atoms with van der Waals surface area (Å²) in [7, 11) is 0. The molecule has 1 aromatic carbocycles. The van der Waals surface area contributed by atoms with E-state index in [1.54, 1.807) is 6.07 Å². The van der Waals surface area contributed by atoms with Crippen molar-refractivity contribution in [3.63, 3.8) is 0 Å². The number of benzene rings is 1. The molecule has 5 heteroatoms. The Morgan fingerprint density at radius 3 is 2.82 bits per heavy atom. The van der Waals surface area contributed by atoms with Crippen LogP contribution in [0.25, 0.3) is 0 Å². The van der Waals surface area contributed by atoms with E-state index in [4.69, 9.17) is 5.26 Å². The third-order valence-corrected chi connectivity index (χ3v) is 3.13. The van der Waals surface area contributed by atoms with Gasteiger partial charge in [0, 0.05) is 18.3 Å². The van der Waals surface area contributed by atoms with E-state index >= 15 is 0 Å². The highest BCUT2D eigenvalue weighted by molar-refractivity contribution is 5.59. The van der Waals surface area contributed by atoms with Crippen molar-refractivity contribution in [1.82, 2.24) is 0 Å². The van der Waals surface area contributed by atoms with Crippen molar-refractivity contribution in [2.45, 2.75) is 19.3 Å². The fourth-order valence-electron chi connectivity index (χ4n) is 1.85. The molecule has 1 aliphatic rings. The summed E-state index contributed by atoms with van der Waals surface area (Å²) in [4.78, 5) is 10.2. The first-order valence-electron chi connectivity index (χ1n) is 5.63. The summed E-state index contributed by atoms with van der Waals surface area (Å²) in [5.74, 6) is 0.685. The standard InChI is InChI=1S/C12H13N3O2/c13-7-10-4-5-11(6-12(10)15(16)17)14-8-9-2-1-3-9/h4-6,9,14H,1-3,8H2. The first-order valence-corrected chi connectivity index (χ1v) is 5.63. The van der Waals surface area contributed by atoms with E-state index in [1.165, 1.54) is 31.4 Å². The van der Waals surface area contributed by atoms with Gasteiger partial charge in [-0.05, 0) is 30.9 Å². The van der Waals surface area contributed by atoms with Gasteiger partial charge in [-0.15, -0.1) is 0 Å². The fourth-order valence-corrected chi connectivity index (χ4v) is 1.85. The molecule has 0 aromatic heterocycles. The topological polar surface area (TPSA) is 79.0 Å². The highest BCUT2D eigenvalue weighted by Crippen LogP contribution is 2.27. The zero-order valence-corrected chi connectivity index (χ0v) is 9.35. The van der Waals surface area contributed by atoms with Gasteiger partial charge < -0.3 is 5.32 Å². The SMILES string of the molecule is N#Cc1ccc(NCC2CCC2)cc1[N+](=O)[O-]. The summed E-state index contributed by atoms with van der Waals surface area (Å²) >= 11 is 0. The van der Waals surface area contributed by atoms with Crippen LogP contribution < -0.4 is 5.32 Å². The lowest BCUT2D eigenvalue weighted by Crippen LogP contribution is -2.20. The maximum Gasteiger partial charge on any atom is 0.289 e. The quantitative estimate of drug-likeness (QED) is 0.638. The zero-order chi connectivity index (χ0) is 12.3. The van der Waals surface area contributed by atoms with Crippen molar-refractivity contribution in [2.24, 2.45) is 5.92 Å². The maximum atomic E-state index is 10.8. The minimum atomic E-state index is -0.521. The van der Waals surface area contributed by atoms with Crippen molar-refractivity contribution in [3.8, 4) is 6.07 Å². The monoisotopic (exact) mass is 231 g/mol. The molecule has 0 spiro atoms. The maximum absolute atomic E-state index is 10.8. The first kappa shape index (κ1) is 11.4. The van der Waals surface area contributed by atoms with Gasteiger partial charge in [0.25, 0.3) is 5.69 Å². The second-order valence-electron chi connectivity index (χ2n) is 4.28. The number of rotatable bonds is 4. The third kappa shape index (κ3) is 2.53. The molecular weight excluding hydrogens is 218 g/mol. The van der Waals surface area contributed by atoms with Gasteiger partial charge in [0.2, 0.25) is 0 Å². The summed E-state index contributed by atoms with van der Waals surface area (Å²) < 4.78 is 0. The lowest BCUT2D eigenvalue weighted by molar-refractivity contribution is -0.385. The number of anilines is 1. The van der Waals surface area contributed by atoms with Gasteiger partial charge in [-0.2, -0.15) is 5.26 Å². The molecule has 0 amide bonds. The third-order valence-electron chi connectivity index (χ3n) is 3.13. The van der Waals surface area contributed by atoms with E-state index in [0.717, 1.165) is 6.54 Å². The molecule has 0 aliphatic heterocycles. The van der Waals surface area contributed by atoms with Crippen molar-refractivity contribution in [2.75, 3.05) is 11.9 Å². The van der Waals surface area contributed by atoms with Crippen molar-refractivity contribution >= 4 is 11.4 Å². The molecule has 0 heterocycles. The highest BCUT2D eigenvalue weighted by atomic mass is 16.6. The Morgan fingerprint density at radius 2 is 2.29 bits per heavy atom. The smallest absolute Gasteiger partial charge is 0.289 e. The van der Waals surface area contributed by atoms with Gasteiger partial charge in [-0.25, -0.2) is 0 Å². The zero-order valence-electron chi connectivity index (χ0n) is 9.35. The second-order valence-corrected chi connectivity index (χ2v) is 4.28. The Bertz CT molecular complexity index is 475. The van der Waals surface area contributed by atoms with Crippen molar-refractivity contribution in [1.29, 1.82) is 5.26 Å². The molecule has 5 nitrogen and oxygen atoms in total. The minimum absolute atomic E-state index is 0.101. The Morgan fingerprint density at radius 1 is 1.53 bits per heavy atom. The van der Waals surface area contributed by atoms with Gasteiger partial charge in [0.1, 0.15) is 11.6 Å². The number of nitriles is 1. The molecule has 1 aromatic rings. The predicted octanol–water partition coefficient (Wildman–Crippen LogP) is 2.68. The van der Waals surface area contributed by atoms with Crippen LogP contribution in [0.1, 0.15) is 24.8 Å². The van der Waals surface area contributed by atoms with Gasteiger partial charge in [-0.1, -0.05) is 6.42 Å². The summed E-state index contributed by atoms with van der Waals surface area (Å²) in [5.41, 5.74) is 0.679. The Hall–Kier alpha value is -2.09. The number of nitrogens with zero attached hydrogens (tertiary/aromatic N) is 2. The summed E-state index contributed by atoms with van der Waals surface area (Å²) in [6.45, 7) is 0.850. The van der Waals surface area contributed by atoms with E-state index in [2.05, 4.69) is 5.32 Å². The lowest BCUT2D eigenvalue weighted by atomic mass is 9.85. The van der Waals surface area contributed by atoms with Gasteiger partial charge >= 0.3 is 0 Å². The van der Waals surface area contributed by atoms with Gasteiger partial charge in [0.05, 0.1) is 4.92 Å². The van der Waals surface area contributed by atoms with E-state index in [1.807, 2.05) is 6.07 Å². The molecule has 0 saturated heterocycles. The van der Waals surface area contributed by atoms with Gasteiger partial charge in [-0.3, -0.25) is 10.1 Å². The van der Waals surface area contributed by atoms with Crippen LogP contribution in [0.3, 0.4) is 0 Å². The van der Waals surface area contributed by atoms with E-state index in [9.17, 15) is 10.1 Å². The Kier molecular flexibility index (Phi) is 3.24. The molecule has 0 unspecified atom stereocenters. The molecule has 0 atom stereocenters. The number of hydrogen-bond acceptors (Lipinski definition) is 4. The molecule has 1 aliphatic carbocycles. The summed E-state index contributed by atoms with van der Waals surface area (Å²) in [6, 6.07) is 6.45. The van der Waals surface area contributed by atoms with Crippen LogP contribution in [0.15, 0.2) is 18.2 Å². The van der Waals surface area contributed by atoms with Crippen LogP contribution in [-0.4, -0.2) is 11.5 Å². The lowest BCUT2D eigenvalue weighted by Gasteiger charge is -2.25. The Labute approximate surface area is 99.2 Å². The number of nitrogens with one attached hydrogen (secondary N) is 1. The first-order chi connectivity index (χ1) is 8.20. The van der Waals surface area contributed by atoms with E-state index in [-0.39, 0.29) is 11.3 Å². The fraction of sp³-hybridized carbons (Fsp3) is 0.417. The van der Waals surface area contributed by atoms with Crippen molar-refractivity contribution in [3.05, 3.63) is 33.9 Å². The molecule has 0 bridgehead atoms. The largest absolute Gasteiger partial charge is 0.385 e. The Balaban J connectivity index is 2.10.